The Bertz CT molecular complexity index is 351. The van der Waals surface area contributed by atoms with Crippen molar-refractivity contribution in [2.75, 3.05) is 27.3 Å². The molecule has 1 aromatic heterocycles. The van der Waals surface area contributed by atoms with Crippen LogP contribution in [0.2, 0.25) is 0 Å². The van der Waals surface area contributed by atoms with Crippen LogP contribution in [0.4, 0.5) is 0 Å². The summed E-state index contributed by atoms with van der Waals surface area (Å²) >= 11 is 0. The van der Waals surface area contributed by atoms with Gasteiger partial charge in [0.25, 0.3) is 0 Å². The van der Waals surface area contributed by atoms with Gasteiger partial charge in [-0.05, 0) is 26.5 Å². The van der Waals surface area contributed by atoms with Gasteiger partial charge in [-0.3, -0.25) is 9.58 Å². The molecule has 1 unspecified atom stereocenters. The van der Waals surface area contributed by atoms with Crippen LogP contribution in [-0.4, -0.2) is 48.0 Å². The quantitative estimate of drug-likeness (QED) is 0.748. The van der Waals surface area contributed by atoms with E-state index >= 15 is 0 Å². The Labute approximate surface area is 110 Å². The molecule has 5 heteroatoms. The second-order valence-electron chi connectivity index (χ2n) is 4.71. The Hall–Kier alpha value is -0.910. The van der Waals surface area contributed by atoms with Gasteiger partial charge in [-0.25, -0.2) is 0 Å². The smallest absolute Gasteiger partial charge is 0.0626 e. The third-order valence-electron chi connectivity index (χ3n) is 2.93. The molecule has 2 N–H and O–H groups in total. The van der Waals surface area contributed by atoms with Crippen LogP contribution in [0, 0.1) is 0 Å². The highest BCUT2D eigenvalue weighted by molar-refractivity contribution is 5.10. The first-order valence-electron chi connectivity index (χ1n) is 6.59. The van der Waals surface area contributed by atoms with Gasteiger partial charge in [-0.2, -0.15) is 5.10 Å². The molecule has 0 saturated carbocycles. The van der Waals surface area contributed by atoms with E-state index in [0.29, 0.717) is 6.61 Å². The Kier molecular flexibility index (Phi) is 6.32. The highest BCUT2D eigenvalue weighted by Crippen LogP contribution is 2.08. The lowest BCUT2D eigenvalue weighted by molar-refractivity contribution is 0.159. The summed E-state index contributed by atoms with van der Waals surface area (Å²) < 4.78 is 7.12. The lowest BCUT2D eigenvalue weighted by atomic mass is 10.2. The summed E-state index contributed by atoms with van der Waals surface area (Å²) in [6.45, 7) is 7.45. The number of nitrogens with two attached hydrogens (primary N) is 1. The van der Waals surface area contributed by atoms with E-state index in [4.69, 9.17) is 10.5 Å². The Morgan fingerprint density at radius 2 is 2.22 bits per heavy atom. The predicted molar refractivity (Wildman–Crippen MR) is 73.5 cm³/mol. The fraction of sp³-hybridized carbons (Fsp3) is 0.769. The molecule has 104 valence electrons. The monoisotopic (exact) mass is 254 g/mol. The van der Waals surface area contributed by atoms with Gasteiger partial charge in [0.05, 0.1) is 18.0 Å². The van der Waals surface area contributed by atoms with E-state index in [1.165, 1.54) is 5.69 Å². The third-order valence-corrected chi connectivity index (χ3v) is 2.93. The second kappa shape index (κ2) is 7.51. The number of aryl methyl sites for hydroxylation is 2. The van der Waals surface area contributed by atoms with Crippen molar-refractivity contribution in [2.24, 2.45) is 5.73 Å². The summed E-state index contributed by atoms with van der Waals surface area (Å²) in [5.41, 5.74) is 8.36. The number of nitrogens with zero attached hydrogens (tertiary/aromatic N) is 3. The zero-order valence-electron chi connectivity index (χ0n) is 12.0. The number of hydrogen-bond donors (Lipinski definition) is 1. The molecule has 0 spiro atoms. The maximum atomic E-state index is 5.95. The van der Waals surface area contributed by atoms with Crippen LogP contribution >= 0.6 is 0 Å². The van der Waals surface area contributed by atoms with E-state index in [2.05, 4.69) is 41.6 Å². The average molecular weight is 254 g/mol. The Balaban J connectivity index is 2.57. The van der Waals surface area contributed by atoms with Crippen molar-refractivity contribution in [1.82, 2.24) is 14.7 Å². The van der Waals surface area contributed by atoms with Crippen LogP contribution in [0.1, 0.15) is 25.2 Å². The molecule has 1 heterocycles. The predicted octanol–water partition coefficient (Wildman–Crippen LogP) is 0.871. The second-order valence-corrected chi connectivity index (χ2v) is 4.71. The molecule has 0 aliphatic carbocycles. The molecule has 0 amide bonds. The summed E-state index contributed by atoms with van der Waals surface area (Å²) in [5, 5.41) is 4.55. The largest absolute Gasteiger partial charge is 0.383 e. The summed E-state index contributed by atoms with van der Waals surface area (Å²) in [6.07, 6.45) is 0.979. The van der Waals surface area contributed by atoms with E-state index in [1.807, 2.05) is 0 Å². The standard InChI is InChI=1S/C13H26N4O/c1-5-12-7-13(17(6-2)15-12)9-16(3)8-11(14)10-18-4/h7,11H,5-6,8-10,14H2,1-4H3. The van der Waals surface area contributed by atoms with Crippen LogP contribution < -0.4 is 5.73 Å². The first-order valence-corrected chi connectivity index (χ1v) is 6.59. The number of hydrogen-bond acceptors (Lipinski definition) is 4. The van der Waals surface area contributed by atoms with Gasteiger partial charge in [0.15, 0.2) is 0 Å². The number of methoxy groups -OCH3 is 1. The van der Waals surface area contributed by atoms with Crippen molar-refractivity contribution in [2.45, 2.75) is 39.4 Å². The fourth-order valence-electron chi connectivity index (χ4n) is 2.10. The van der Waals surface area contributed by atoms with Crippen molar-refractivity contribution in [1.29, 1.82) is 0 Å². The van der Waals surface area contributed by atoms with E-state index in [-0.39, 0.29) is 6.04 Å². The Morgan fingerprint density at radius 3 is 2.78 bits per heavy atom. The van der Waals surface area contributed by atoms with Gasteiger partial charge in [-0.15, -0.1) is 0 Å². The van der Waals surface area contributed by atoms with Crippen molar-refractivity contribution >= 4 is 0 Å². The molecule has 0 radical (unpaired) electrons. The highest BCUT2D eigenvalue weighted by Gasteiger charge is 2.11. The molecule has 0 bridgehead atoms. The van der Waals surface area contributed by atoms with Crippen LogP contribution in [0.5, 0.6) is 0 Å². The summed E-state index contributed by atoms with van der Waals surface area (Å²) in [5.74, 6) is 0. The van der Waals surface area contributed by atoms with Gasteiger partial charge in [0.1, 0.15) is 0 Å². The van der Waals surface area contributed by atoms with Crippen molar-refractivity contribution in [3.8, 4) is 0 Å². The van der Waals surface area contributed by atoms with Gasteiger partial charge >= 0.3 is 0 Å². The molecule has 0 aromatic carbocycles. The first-order chi connectivity index (χ1) is 8.60. The van der Waals surface area contributed by atoms with Crippen LogP contribution in [0.25, 0.3) is 0 Å². The molecule has 0 fully saturated rings. The molecular formula is C13H26N4O. The van der Waals surface area contributed by atoms with Gasteiger partial charge in [0, 0.05) is 32.8 Å². The molecular weight excluding hydrogens is 228 g/mol. The van der Waals surface area contributed by atoms with Crippen LogP contribution in [-0.2, 0) is 24.2 Å². The molecule has 18 heavy (non-hydrogen) atoms. The van der Waals surface area contributed by atoms with Crippen LogP contribution in [0.15, 0.2) is 6.07 Å². The number of likely N-dealkylation sites (N-methyl/N-ethyl adjacent to an activating group) is 1. The summed E-state index contributed by atoms with van der Waals surface area (Å²) in [7, 11) is 3.76. The number of aromatic nitrogens is 2. The zero-order valence-corrected chi connectivity index (χ0v) is 12.0. The Morgan fingerprint density at radius 1 is 1.50 bits per heavy atom. The summed E-state index contributed by atoms with van der Waals surface area (Å²) in [4.78, 5) is 2.21. The zero-order chi connectivity index (χ0) is 13.5. The number of rotatable bonds is 8. The van der Waals surface area contributed by atoms with E-state index in [1.54, 1.807) is 7.11 Å². The van der Waals surface area contributed by atoms with Gasteiger partial charge in [0.2, 0.25) is 0 Å². The molecule has 1 atom stereocenters. The lowest BCUT2D eigenvalue weighted by Gasteiger charge is -2.20. The minimum Gasteiger partial charge on any atom is -0.383 e. The molecule has 0 aliphatic heterocycles. The third kappa shape index (κ3) is 4.40. The van der Waals surface area contributed by atoms with Crippen molar-refractivity contribution in [3.63, 3.8) is 0 Å². The molecule has 0 aliphatic rings. The van der Waals surface area contributed by atoms with Gasteiger partial charge in [-0.1, -0.05) is 6.92 Å². The van der Waals surface area contributed by atoms with Crippen LogP contribution in [0.3, 0.4) is 0 Å². The molecule has 1 aromatic rings. The van der Waals surface area contributed by atoms with Crippen molar-refractivity contribution < 1.29 is 4.74 Å². The summed E-state index contributed by atoms with van der Waals surface area (Å²) in [6, 6.07) is 2.24. The van der Waals surface area contributed by atoms with E-state index in [0.717, 1.165) is 31.7 Å². The normalized spacial score (nSPS) is 13.2. The topological polar surface area (TPSA) is 56.3 Å². The highest BCUT2D eigenvalue weighted by atomic mass is 16.5. The molecule has 1 rings (SSSR count). The number of ether oxygens (including phenoxy) is 1. The minimum absolute atomic E-state index is 0.0589. The van der Waals surface area contributed by atoms with E-state index in [9.17, 15) is 0 Å². The van der Waals surface area contributed by atoms with Crippen molar-refractivity contribution in [3.05, 3.63) is 17.5 Å². The lowest BCUT2D eigenvalue weighted by Crippen LogP contribution is -2.38. The SMILES string of the molecule is CCc1cc(CN(C)CC(N)COC)n(CC)n1. The maximum Gasteiger partial charge on any atom is 0.0626 e. The average Bonchev–Trinajstić information content (AvgIpc) is 2.71. The van der Waals surface area contributed by atoms with Gasteiger partial charge < -0.3 is 10.5 Å². The molecule has 0 saturated heterocycles. The maximum absolute atomic E-state index is 5.95. The molecule has 5 nitrogen and oxygen atoms in total. The fourth-order valence-corrected chi connectivity index (χ4v) is 2.10. The van der Waals surface area contributed by atoms with E-state index < -0.39 is 0 Å². The minimum atomic E-state index is 0.0589. The first kappa shape index (κ1) is 15.1.